The number of H-pyrrole nitrogens is 1. The minimum atomic E-state index is -0.618. The Labute approximate surface area is 135 Å². The second kappa shape index (κ2) is 5.70. The van der Waals surface area contributed by atoms with E-state index in [0.717, 1.165) is 17.2 Å². The van der Waals surface area contributed by atoms with Crippen molar-refractivity contribution in [1.29, 1.82) is 0 Å². The van der Waals surface area contributed by atoms with Gasteiger partial charge in [-0.05, 0) is 31.5 Å². The van der Waals surface area contributed by atoms with E-state index in [2.05, 4.69) is 5.10 Å². The maximum Gasteiger partial charge on any atom is 0.280 e. The Balaban J connectivity index is 2.33. The Bertz CT molecular complexity index is 1020. The molecule has 3 rings (SSSR count). The lowest BCUT2D eigenvalue weighted by Crippen LogP contribution is -2.23. The second-order valence-corrected chi connectivity index (χ2v) is 5.79. The van der Waals surface area contributed by atoms with Gasteiger partial charge in [0.1, 0.15) is 11.5 Å². The minimum Gasteiger partial charge on any atom is -0.312 e. The van der Waals surface area contributed by atoms with Crippen molar-refractivity contribution in [2.75, 3.05) is 0 Å². The third-order valence-corrected chi connectivity index (χ3v) is 4.05. The van der Waals surface area contributed by atoms with Crippen LogP contribution < -0.4 is 11.1 Å². The monoisotopic (exact) mass is 335 g/mol. The van der Waals surface area contributed by atoms with E-state index in [1.54, 1.807) is 11.5 Å². The molecule has 0 aliphatic carbocycles. The highest BCUT2D eigenvalue weighted by Gasteiger charge is 2.16. The first-order valence-corrected chi connectivity index (χ1v) is 7.62. The summed E-state index contributed by atoms with van der Waals surface area (Å²) in [5.74, 6) is -0.618. The van der Waals surface area contributed by atoms with Gasteiger partial charge < -0.3 is 4.57 Å². The number of halogens is 2. The van der Waals surface area contributed by atoms with Crippen molar-refractivity contribution < 1.29 is 4.39 Å². The van der Waals surface area contributed by atoms with Crippen LogP contribution in [0.1, 0.15) is 19.0 Å². The first-order valence-electron chi connectivity index (χ1n) is 7.24. The van der Waals surface area contributed by atoms with Gasteiger partial charge in [-0.2, -0.15) is 0 Å². The van der Waals surface area contributed by atoms with E-state index in [-0.39, 0.29) is 16.3 Å². The van der Waals surface area contributed by atoms with Crippen LogP contribution >= 0.6 is 11.6 Å². The van der Waals surface area contributed by atoms with Crippen molar-refractivity contribution in [2.45, 2.75) is 26.8 Å². The molecule has 0 atom stereocenters. The van der Waals surface area contributed by atoms with Crippen LogP contribution in [0.3, 0.4) is 0 Å². The number of rotatable bonds is 3. The summed E-state index contributed by atoms with van der Waals surface area (Å²) in [5.41, 5.74) is 0.429. The molecule has 0 unspecified atom stereocenters. The summed E-state index contributed by atoms with van der Waals surface area (Å²) in [4.78, 5) is 24.8. The van der Waals surface area contributed by atoms with Crippen molar-refractivity contribution >= 4 is 22.5 Å². The molecular weight excluding hydrogens is 321 g/mol. The van der Waals surface area contributed by atoms with Gasteiger partial charge in [0.25, 0.3) is 11.1 Å². The Morgan fingerprint density at radius 2 is 2.00 bits per heavy atom. The quantitative estimate of drug-likeness (QED) is 0.800. The molecule has 0 aliphatic rings. The molecule has 0 radical (unpaired) electrons. The first-order chi connectivity index (χ1) is 10.9. The van der Waals surface area contributed by atoms with Gasteiger partial charge >= 0.3 is 0 Å². The molecule has 5 nitrogen and oxygen atoms in total. The number of aryl methyl sites for hydroxylation is 1. The van der Waals surface area contributed by atoms with Crippen molar-refractivity contribution in [2.24, 2.45) is 0 Å². The molecule has 23 heavy (non-hydrogen) atoms. The summed E-state index contributed by atoms with van der Waals surface area (Å²) in [7, 11) is 0. The number of hydrogen-bond donors (Lipinski definition) is 1. The Hall–Kier alpha value is -2.34. The van der Waals surface area contributed by atoms with Gasteiger partial charge in [-0.25, -0.2) is 9.07 Å². The molecule has 2 aromatic heterocycles. The normalized spacial score (nSPS) is 11.3. The molecule has 0 saturated heterocycles. The summed E-state index contributed by atoms with van der Waals surface area (Å²) in [6, 6.07) is 5.42. The fourth-order valence-electron chi connectivity index (χ4n) is 2.74. The predicted octanol–water partition coefficient (Wildman–Crippen LogP) is 2.99. The van der Waals surface area contributed by atoms with Crippen molar-refractivity contribution in [3.8, 4) is 5.69 Å². The highest BCUT2D eigenvalue weighted by molar-refractivity contribution is 6.30. The summed E-state index contributed by atoms with van der Waals surface area (Å²) < 4.78 is 16.7. The van der Waals surface area contributed by atoms with Crippen LogP contribution in [-0.4, -0.2) is 14.3 Å². The van der Waals surface area contributed by atoms with Gasteiger partial charge in [-0.3, -0.25) is 14.7 Å². The SMILES string of the molecule is CCCn1c(C)c2c(=O)n(-c3ccc(Cl)cc3F)[nH]c2cc1=O. The van der Waals surface area contributed by atoms with E-state index >= 15 is 0 Å². The number of aromatic nitrogens is 3. The smallest absolute Gasteiger partial charge is 0.280 e. The van der Waals surface area contributed by atoms with Gasteiger partial charge in [0.05, 0.1) is 10.9 Å². The zero-order valence-corrected chi connectivity index (χ0v) is 13.4. The molecule has 0 fully saturated rings. The largest absolute Gasteiger partial charge is 0.312 e. The molecule has 120 valence electrons. The maximum atomic E-state index is 14.1. The molecule has 3 aromatic rings. The van der Waals surface area contributed by atoms with Gasteiger partial charge in [0.15, 0.2) is 0 Å². The summed E-state index contributed by atoms with van der Waals surface area (Å²) in [5, 5.41) is 3.43. The minimum absolute atomic E-state index is 0.0597. The molecule has 2 heterocycles. The average Bonchev–Trinajstić information content (AvgIpc) is 2.80. The van der Waals surface area contributed by atoms with Crippen LogP contribution in [0.25, 0.3) is 16.6 Å². The van der Waals surface area contributed by atoms with Crippen LogP contribution in [0, 0.1) is 12.7 Å². The first kappa shape index (κ1) is 15.6. The molecule has 0 saturated carbocycles. The van der Waals surface area contributed by atoms with E-state index in [9.17, 15) is 14.0 Å². The number of benzene rings is 1. The second-order valence-electron chi connectivity index (χ2n) is 5.36. The third-order valence-electron chi connectivity index (χ3n) is 3.82. The van der Waals surface area contributed by atoms with Gasteiger partial charge in [0, 0.05) is 23.3 Å². The summed E-state index contributed by atoms with van der Waals surface area (Å²) >= 11 is 5.74. The Morgan fingerprint density at radius 3 is 2.65 bits per heavy atom. The molecule has 0 spiro atoms. The highest BCUT2D eigenvalue weighted by Crippen LogP contribution is 2.19. The van der Waals surface area contributed by atoms with Gasteiger partial charge in [-0.15, -0.1) is 0 Å². The fraction of sp³-hybridized carbons (Fsp3) is 0.250. The zero-order chi connectivity index (χ0) is 16.7. The molecule has 7 heteroatoms. The topological polar surface area (TPSA) is 59.8 Å². The van der Waals surface area contributed by atoms with Crippen molar-refractivity contribution in [3.05, 3.63) is 61.5 Å². The zero-order valence-electron chi connectivity index (χ0n) is 12.7. The van der Waals surface area contributed by atoms with Gasteiger partial charge in [-0.1, -0.05) is 18.5 Å². The molecular formula is C16H15ClFN3O2. The third kappa shape index (κ3) is 2.49. The van der Waals surface area contributed by atoms with Crippen LogP contribution in [0.15, 0.2) is 33.9 Å². The average molecular weight is 336 g/mol. The lowest BCUT2D eigenvalue weighted by Gasteiger charge is -2.07. The van der Waals surface area contributed by atoms with E-state index in [0.29, 0.717) is 23.1 Å². The van der Waals surface area contributed by atoms with Gasteiger partial charge in [0.2, 0.25) is 0 Å². The van der Waals surface area contributed by atoms with Crippen LogP contribution in [0.4, 0.5) is 4.39 Å². The number of pyridine rings is 1. The predicted molar refractivity (Wildman–Crippen MR) is 88.2 cm³/mol. The molecule has 1 aromatic carbocycles. The molecule has 0 aliphatic heterocycles. The standard InChI is InChI=1S/C16H15ClFN3O2/c1-3-6-20-9(2)15-12(8-14(20)22)19-21(16(15)23)13-5-4-10(17)7-11(13)18/h4-5,7-8,19H,3,6H2,1-2H3. The number of fused-ring (bicyclic) bond motifs is 1. The lowest BCUT2D eigenvalue weighted by molar-refractivity contribution is 0.609. The molecule has 1 N–H and O–H groups in total. The number of hydrogen-bond acceptors (Lipinski definition) is 2. The fourth-order valence-corrected chi connectivity index (χ4v) is 2.90. The van der Waals surface area contributed by atoms with E-state index in [1.807, 2.05) is 6.92 Å². The molecule has 0 amide bonds. The Kier molecular flexibility index (Phi) is 3.85. The maximum absolute atomic E-state index is 14.1. The van der Waals surface area contributed by atoms with E-state index in [4.69, 9.17) is 11.6 Å². The number of nitrogens with zero attached hydrogens (tertiary/aromatic N) is 2. The lowest BCUT2D eigenvalue weighted by atomic mass is 10.2. The molecule has 0 bridgehead atoms. The van der Waals surface area contributed by atoms with Crippen LogP contribution in [0.2, 0.25) is 5.02 Å². The van der Waals surface area contributed by atoms with E-state index in [1.165, 1.54) is 18.2 Å². The summed E-state index contributed by atoms with van der Waals surface area (Å²) in [6.45, 7) is 4.20. The highest BCUT2D eigenvalue weighted by atomic mass is 35.5. The number of aromatic amines is 1. The van der Waals surface area contributed by atoms with Crippen LogP contribution in [0.5, 0.6) is 0 Å². The summed E-state index contributed by atoms with van der Waals surface area (Å²) in [6.07, 6.45) is 0.774. The van der Waals surface area contributed by atoms with Crippen LogP contribution in [-0.2, 0) is 6.54 Å². The van der Waals surface area contributed by atoms with Crippen molar-refractivity contribution in [1.82, 2.24) is 14.3 Å². The van der Waals surface area contributed by atoms with E-state index < -0.39 is 11.4 Å². The number of nitrogens with one attached hydrogen (secondary N) is 1. The van der Waals surface area contributed by atoms with Crippen molar-refractivity contribution in [3.63, 3.8) is 0 Å². The Morgan fingerprint density at radius 1 is 1.26 bits per heavy atom.